The summed E-state index contributed by atoms with van der Waals surface area (Å²) in [7, 11) is 1.57. The van der Waals surface area contributed by atoms with Gasteiger partial charge in [-0.3, -0.25) is 4.79 Å². The fourth-order valence-electron chi connectivity index (χ4n) is 3.50. The van der Waals surface area contributed by atoms with E-state index in [4.69, 9.17) is 4.74 Å². The number of carbonyl (C=O) groups is 2. The van der Waals surface area contributed by atoms with E-state index >= 15 is 0 Å². The summed E-state index contributed by atoms with van der Waals surface area (Å²) in [4.78, 5) is 25.4. The molecule has 0 spiro atoms. The van der Waals surface area contributed by atoms with Gasteiger partial charge in [0.1, 0.15) is 6.04 Å². The maximum absolute atomic E-state index is 12.6. The normalized spacial score (nSPS) is 34.2. The molecule has 1 amide bonds. The summed E-state index contributed by atoms with van der Waals surface area (Å²) >= 11 is 0. The predicted octanol–water partition coefficient (Wildman–Crippen LogP) is 1.90. The molecule has 2 rings (SSSR count). The Labute approximate surface area is 120 Å². The molecular formula is C15H25NO4. The number of carbonyl (C=O) groups excluding carboxylic acids is 1. The highest BCUT2D eigenvalue weighted by Crippen LogP contribution is 2.33. The number of hydrogen-bond acceptors (Lipinski definition) is 3. The van der Waals surface area contributed by atoms with Gasteiger partial charge in [0.15, 0.2) is 0 Å². The molecule has 5 heteroatoms. The molecule has 5 nitrogen and oxygen atoms in total. The van der Waals surface area contributed by atoms with Gasteiger partial charge in [-0.1, -0.05) is 13.3 Å². The third kappa shape index (κ3) is 3.14. The fourth-order valence-corrected chi connectivity index (χ4v) is 3.50. The second kappa shape index (κ2) is 6.57. The van der Waals surface area contributed by atoms with Crippen molar-refractivity contribution in [1.29, 1.82) is 0 Å². The van der Waals surface area contributed by atoms with E-state index in [0.29, 0.717) is 13.0 Å². The Hall–Kier alpha value is -1.10. The smallest absolute Gasteiger partial charge is 0.326 e. The zero-order chi connectivity index (χ0) is 14.7. The van der Waals surface area contributed by atoms with E-state index in [2.05, 4.69) is 6.92 Å². The standard InChI is InChI=1S/C15H25NO4/c1-3-10-4-6-11(7-5-10)14(17)16-9-12(20-2)8-13(16)15(18)19/h10-13H,3-9H2,1-2H3,(H,18,19). The first-order valence-corrected chi connectivity index (χ1v) is 7.62. The van der Waals surface area contributed by atoms with Crippen molar-refractivity contribution in [3.63, 3.8) is 0 Å². The van der Waals surface area contributed by atoms with Crippen molar-refractivity contribution in [3.05, 3.63) is 0 Å². The lowest BCUT2D eigenvalue weighted by Crippen LogP contribution is -2.44. The molecule has 0 aromatic carbocycles. The van der Waals surface area contributed by atoms with Gasteiger partial charge in [0.25, 0.3) is 0 Å². The summed E-state index contributed by atoms with van der Waals surface area (Å²) in [6, 6.07) is -0.712. The van der Waals surface area contributed by atoms with Crippen LogP contribution >= 0.6 is 0 Å². The number of amides is 1. The molecule has 2 atom stereocenters. The van der Waals surface area contributed by atoms with Crippen LogP contribution in [-0.4, -0.2) is 47.7 Å². The molecule has 0 bridgehead atoms. The van der Waals surface area contributed by atoms with Gasteiger partial charge in [-0.05, 0) is 31.6 Å². The van der Waals surface area contributed by atoms with E-state index in [9.17, 15) is 14.7 Å². The van der Waals surface area contributed by atoms with Crippen molar-refractivity contribution in [3.8, 4) is 0 Å². The van der Waals surface area contributed by atoms with Crippen molar-refractivity contribution >= 4 is 11.9 Å². The van der Waals surface area contributed by atoms with Crippen molar-refractivity contribution in [2.24, 2.45) is 11.8 Å². The maximum atomic E-state index is 12.6. The third-order valence-corrected chi connectivity index (χ3v) is 4.94. The van der Waals surface area contributed by atoms with Gasteiger partial charge >= 0.3 is 5.97 Å². The van der Waals surface area contributed by atoms with Gasteiger partial charge in [0, 0.05) is 26.0 Å². The summed E-state index contributed by atoms with van der Waals surface area (Å²) in [6.07, 6.45) is 5.41. The number of carboxylic acid groups (broad SMARTS) is 1. The third-order valence-electron chi connectivity index (χ3n) is 4.94. The summed E-state index contributed by atoms with van der Waals surface area (Å²) in [5.74, 6) is -0.151. The zero-order valence-corrected chi connectivity index (χ0v) is 12.4. The highest BCUT2D eigenvalue weighted by atomic mass is 16.5. The first kappa shape index (κ1) is 15.3. The molecule has 1 saturated carbocycles. The van der Waals surface area contributed by atoms with Crippen molar-refractivity contribution in [2.75, 3.05) is 13.7 Å². The largest absolute Gasteiger partial charge is 0.480 e. The van der Waals surface area contributed by atoms with Crippen LogP contribution in [0.2, 0.25) is 0 Å². The topological polar surface area (TPSA) is 66.8 Å². The lowest BCUT2D eigenvalue weighted by molar-refractivity contribution is -0.150. The Morgan fingerprint density at radius 3 is 2.40 bits per heavy atom. The number of likely N-dealkylation sites (tertiary alicyclic amines) is 1. The molecule has 2 fully saturated rings. The fraction of sp³-hybridized carbons (Fsp3) is 0.867. The molecule has 2 unspecified atom stereocenters. The van der Waals surface area contributed by atoms with E-state index in [0.717, 1.165) is 31.6 Å². The quantitative estimate of drug-likeness (QED) is 0.855. The van der Waals surface area contributed by atoms with Crippen LogP contribution in [0.4, 0.5) is 0 Å². The molecular weight excluding hydrogens is 258 g/mol. The van der Waals surface area contributed by atoms with Crippen LogP contribution in [0.25, 0.3) is 0 Å². The van der Waals surface area contributed by atoms with E-state index in [-0.39, 0.29) is 17.9 Å². The molecule has 1 saturated heterocycles. The number of ether oxygens (including phenoxy) is 1. The molecule has 1 aliphatic carbocycles. The van der Waals surface area contributed by atoms with Crippen LogP contribution < -0.4 is 0 Å². The SMILES string of the molecule is CCC1CCC(C(=O)N2CC(OC)CC2C(=O)O)CC1. The monoisotopic (exact) mass is 283 g/mol. The van der Waals surface area contributed by atoms with Gasteiger partial charge in [-0.25, -0.2) is 4.79 Å². The van der Waals surface area contributed by atoms with Gasteiger partial charge in [-0.15, -0.1) is 0 Å². The van der Waals surface area contributed by atoms with Crippen LogP contribution in [-0.2, 0) is 14.3 Å². The zero-order valence-electron chi connectivity index (χ0n) is 12.4. The molecule has 0 aromatic heterocycles. The van der Waals surface area contributed by atoms with E-state index in [1.54, 1.807) is 7.11 Å². The Morgan fingerprint density at radius 2 is 1.90 bits per heavy atom. The molecule has 0 aromatic rings. The van der Waals surface area contributed by atoms with Gasteiger partial charge in [0.2, 0.25) is 5.91 Å². The first-order chi connectivity index (χ1) is 9.56. The molecule has 1 N–H and O–H groups in total. The van der Waals surface area contributed by atoms with E-state index in [1.807, 2.05) is 0 Å². The van der Waals surface area contributed by atoms with Gasteiger partial charge < -0.3 is 14.7 Å². The van der Waals surface area contributed by atoms with Gasteiger partial charge in [0.05, 0.1) is 6.10 Å². The predicted molar refractivity (Wildman–Crippen MR) is 74.3 cm³/mol. The summed E-state index contributed by atoms with van der Waals surface area (Å²) in [5, 5.41) is 9.27. The van der Waals surface area contributed by atoms with E-state index in [1.165, 1.54) is 11.3 Å². The molecule has 114 valence electrons. The summed E-state index contributed by atoms with van der Waals surface area (Å²) in [5.41, 5.74) is 0. The number of rotatable bonds is 4. The van der Waals surface area contributed by atoms with Crippen LogP contribution in [0.1, 0.15) is 45.4 Å². The number of aliphatic carboxylic acids is 1. The Morgan fingerprint density at radius 1 is 1.25 bits per heavy atom. The van der Waals surface area contributed by atoms with Crippen LogP contribution in [0.5, 0.6) is 0 Å². The second-order valence-corrected chi connectivity index (χ2v) is 6.06. The minimum Gasteiger partial charge on any atom is -0.480 e. The molecule has 1 aliphatic heterocycles. The average Bonchev–Trinajstić information content (AvgIpc) is 2.91. The van der Waals surface area contributed by atoms with Crippen molar-refractivity contribution < 1.29 is 19.4 Å². The second-order valence-electron chi connectivity index (χ2n) is 6.06. The highest BCUT2D eigenvalue weighted by molar-refractivity contribution is 5.86. The molecule has 1 heterocycles. The lowest BCUT2D eigenvalue weighted by atomic mass is 9.80. The minimum atomic E-state index is -0.917. The minimum absolute atomic E-state index is 0.00950. The molecule has 0 radical (unpaired) electrons. The van der Waals surface area contributed by atoms with Crippen LogP contribution in [0, 0.1) is 11.8 Å². The molecule has 20 heavy (non-hydrogen) atoms. The summed E-state index contributed by atoms with van der Waals surface area (Å²) in [6.45, 7) is 2.61. The number of methoxy groups -OCH3 is 1. The number of carboxylic acids is 1. The van der Waals surface area contributed by atoms with Gasteiger partial charge in [-0.2, -0.15) is 0 Å². The van der Waals surface area contributed by atoms with E-state index < -0.39 is 12.0 Å². The Balaban J connectivity index is 1.99. The lowest BCUT2D eigenvalue weighted by Gasteiger charge is -2.31. The summed E-state index contributed by atoms with van der Waals surface area (Å²) < 4.78 is 5.24. The van der Waals surface area contributed by atoms with Crippen LogP contribution in [0.3, 0.4) is 0 Å². The average molecular weight is 283 g/mol. The Kier molecular flexibility index (Phi) is 5.02. The highest BCUT2D eigenvalue weighted by Gasteiger charge is 2.42. The Bertz CT molecular complexity index is 363. The molecule has 2 aliphatic rings. The maximum Gasteiger partial charge on any atom is 0.326 e. The van der Waals surface area contributed by atoms with Crippen LogP contribution in [0.15, 0.2) is 0 Å². The number of hydrogen-bond donors (Lipinski definition) is 1. The first-order valence-electron chi connectivity index (χ1n) is 7.62. The van der Waals surface area contributed by atoms with Crippen molar-refractivity contribution in [2.45, 2.75) is 57.6 Å². The van der Waals surface area contributed by atoms with Crippen molar-refractivity contribution in [1.82, 2.24) is 4.90 Å². The number of nitrogens with zero attached hydrogens (tertiary/aromatic N) is 1.